The van der Waals surface area contributed by atoms with Crippen LogP contribution in [0.15, 0.2) is 77.3 Å². The van der Waals surface area contributed by atoms with Crippen molar-refractivity contribution in [2.75, 3.05) is 13.2 Å². The number of carbonyl (C=O) groups excluding carboxylic acids is 2. The van der Waals surface area contributed by atoms with E-state index in [2.05, 4.69) is 22.9 Å². The highest BCUT2D eigenvalue weighted by Gasteiger charge is 2.12. The number of halogens is 1. The van der Waals surface area contributed by atoms with E-state index >= 15 is 0 Å². The van der Waals surface area contributed by atoms with Crippen LogP contribution in [-0.4, -0.2) is 25.0 Å². The summed E-state index contributed by atoms with van der Waals surface area (Å²) in [5.41, 5.74) is 2.96. The summed E-state index contributed by atoms with van der Waals surface area (Å²) in [5, 5.41) is 0. The van der Waals surface area contributed by atoms with Gasteiger partial charge in [0.25, 0.3) is 0 Å². The van der Waals surface area contributed by atoms with Crippen molar-refractivity contribution in [3.63, 3.8) is 0 Å². The summed E-state index contributed by atoms with van der Waals surface area (Å²) in [6.07, 6.45) is 8.68. The number of esters is 1. The lowest BCUT2D eigenvalue weighted by Gasteiger charge is -2.08. The molecule has 0 saturated carbocycles. The minimum absolute atomic E-state index is 0.247. The van der Waals surface area contributed by atoms with E-state index in [9.17, 15) is 9.59 Å². The number of unbranched alkanes of at least 4 members (excludes halogenated alkanes) is 6. The van der Waals surface area contributed by atoms with Gasteiger partial charge in [-0.2, -0.15) is 0 Å². The molecular weight excluding hydrogens is 504 g/mol. The van der Waals surface area contributed by atoms with Crippen molar-refractivity contribution in [1.82, 2.24) is 0 Å². The van der Waals surface area contributed by atoms with Crippen LogP contribution in [0.1, 0.15) is 72.6 Å². The molecule has 0 aromatic heterocycles. The van der Waals surface area contributed by atoms with Crippen LogP contribution >= 0.6 is 15.9 Å². The predicted octanol–water partition coefficient (Wildman–Crippen LogP) is 8.29. The number of rotatable bonds is 14. The highest BCUT2D eigenvalue weighted by atomic mass is 79.9. The van der Waals surface area contributed by atoms with Gasteiger partial charge in [-0.1, -0.05) is 85.6 Å². The highest BCUT2D eigenvalue weighted by molar-refractivity contribution is 9.10. The van der Waals surface area contributed by atoms with Gasteiger partial charge in [0.2, 0.25) is 0 Å². The molecule has 0 unspecified atom stereocenters. The Morgan fingerprint density at radius 2 is 1.23 bits per heavy atom. The third kappa shape index (κ3) is 8.99. The van der Waals surface area contributed by atoms with E-state index in [1.54, 1.807) is 36.4 Å². The lowest BCUT2D eigenvalue weighted by atomic mass is 10.0. The molecule has 0 bridgehead atoms. The molecular formula is C30H33BrO4. The second-order valence-electron chi connectivity index (χ2n) is 8.58. The summed E-state index contributed by atoms with van der Waals surface area (Å²) in [6.45, 7) is 2.61. The molecule has 0 fully saturated rings. The molecule has 0 radical (unpaired) electrons. The maximum absolute atomic E-state index is 12.4. The molecule has 0 atom stereocenters. The van der Waals surface area contributed by atoms with Crippen LogP contribution in [0.25, 0.3) is 11.1 Å². The highest BCUT2D eigenvalue weighted by Crippen LogP contribution is 2.22. The first-order valence-corrected chi connectivity index (χ1v) is 13.2. The van der Waals surface area contributed by atoms with Gasteiger partial charge in [-0.25, -0.2) is 4.79 Å². The predicted molar refractivity (Wildman–Crippen MR) is 144 cm³/mol. The Bertz CT molecular complexity index is 1060. The third-order valence-corrected chi connectivity index (χ3v) is 6.35. The number of hydrogen-bond acceptors (Lipinski definition) is 4. The summed E-state index contributed by atoms with van der Waals surface area (Å²) in [7, 11) is 0. The summed E-state index contributed by atoms with van der Waals surface area (Å²) in [4.78, 5) is 24.8. The molecule has 35 heavy (non-hydrogen) atoms. The molecule has 0 amide bonds. The van der Waals surface area contributed by atoms with E-state index in [4.69, 9.17) is 9.47 Å². The fourth-order valence-corrected chi connectivity index (χ4v) is 3.99. The fourth-order valence-electron chi connectivity index (χ4n) is 3.73. The summed E-state index contributed by atoms with van der Waals surface area (Å²) >= 11 is 3.43. The summed E-state index contributed by atoms with van der Waals surface area (Å²) < 4.78 is 12.0. The van der Waals surface area contributed by atoms with Gasteiger partial charge in [-0.15, -0.1) is 0 Å². The third-order valence-electron chi connectivity index (χ3n) is 5.83. The van der Waals surface area contributed by atoms with Gasteiger partial charge in [0.1, 0.15) is 5.75 Å². The van der Waals surface area contributed by atoms with E-state index in [-0.39, 0.29) is 12.4 Å². The number of carbonyl (C=O) groups is 2. The summed E-state index contributed by atoms with van der Waals surface area (Å²) in [5.74, 6) is -0.0193. The second-order valence-corrected chi connectivity index (χ2v) is 9.49. The maximum atomic E-state index is 12.4. The van der Waals surface area contributed by atoms with Crippen molar-refractivity contribution in [2.45, 2.75) is 51.9 Å². The smallest absolute Gasteiger partial charge is 0.338 e. The van der Waals surface area contributed by atoms with Crippen LogP contribution < -0.4 is 4.74 Å². The Morgan fingerprint density at radius 1 is 0.686 bits per heavy atom. The van der Waals surface area contributed by atoms with E-state index in [0.29, 0.717) is 17.7 Å². The molecule has 5 heteroatoms. The minimum atomic E-state index is -0.518. The first kappa shape index (κ1) is 26.7. The Morgan fingerprint density at radius 3 is 1.86 bits per heavy atom. The molecule has 0 N–H and O–H groups in total. The molecule has 0 spiro atoms. The lowest BCUT2D eigenvalue weighted by Crippen LogP contribution is -2.14. The van der Waals surface area contributed by atoms with Crippen LogP contribution in [0.4, 0.5) is 0 Å². The number of ether oxygens (including phenoxy) is 2. The monoisotopic (exact) mass is 536 g/mol. The van der Waals surface area contributed by atoms with E-state index in [0.717, 1.165) is 27.8 Å². The molecule has 3 rings (SSSR count). The van der Waals surface area contributed by atoms with Gasteiger partial charge in [-0.05, 0) is 66.1 Å². The largest absolute Gasteiger partial charge is 0.494 e. The van der Waals surface area contributed by atoms with Crippen LogP contribution in [0.3, 0.4) is 0 Å². The van der Waals surface area contributed by atoms with Gasteiger partial charge in [0.05, 0.1) is 12.2 Å². The number of ketones is 1. The second kappa shape index (κ2) is 14.5. The van der Waals surface area contributed by atoms with Crippen molar-refractivity contribution >= 4 is 27.7 Å². The maximum Gasteiger partial charge on any atom is 0.338 e. The Balaban J connectivity index is 1.39. The lowest BCUT2D eigenvalue weighted by molar-refractivity contribution is 0.0474. The number of Topliss-reactive ketones (excluding diaryl/α,β-unsaturated/α-hetero) is 1. The average Bonchev–Trinajstić information content (AvgIpc) is 2.89. The van der Waals surface area contributed by atoms with Gasteiger partial charge < -0.3 is 9.47 Å². The van der Waals surface area contributed by atoms with Crippen molar-refractivity contribution < 1.29 is 19.1 Å². The molecule has 184 valence electrons. The van der Waals surface area contributed by atoms with Crippen LogP contribution in [0.2, 0.25) is 0 Å². The van der Waals surface area contributed by atoms with Crippen molar-refractivity contribution in [2.24, 2.45) is 0 Å². The summed E-state index contributed by atoms with van der Waals surface area (Å²) in [6, 6.07) is 22.1. The standard InChI is InChI=1S/C30H33BrO4/c1-2-3-4-5-6-7-8-21-34-28-19-15-25(16-20-28)29(32)22-35-30(33)26-11-9-23(10-12-26)24-13-17-27(31)18-14-24/h9-20H,2-8,21-22H2,1H3. The van der Waals surface area contributed by atoms with E-state index in [1.165, 1.54) is 38.5 Å². The number of hydrogen-bond donors (Lipinski definition) is 0. The zero-order chi connectivity index (χ0) is 24.9. The van der Waals surface area contributed by atoms with Gasteiger partial charge in [-0.3, -0.25) is 4.79 Å². The van der Waals surface area contributed by atoms with Gasteiger partial charge in [0, 0.05) is 10.0 Å². The zero-order valence-corrected chi connectivity index (χ0v) is 21.9. The number of benzene rings is 3. The zero-order valence-electron chi connectivity index (χ0n) is 20.3. The van der Waals surface area contributed by atoms with Gasteiger partial charge >= 0.3 is 5.97 Å². The van der Waals surface area contributed by atoms with Crippen molar-refractivity contribution in [3.05, 3.63) is 88.4 Å². The van der Waals surface area contributed by atoms with Gasteiger partial charge in [0.15, 0.2) is 12.4 Å². The van der Waals surface area contributed by atoms with Crippen LogP contribution in [-0.2, 0) is 4.74 Å². The fraction of sp³-hybridized carbons (Fsp3) is 0.333. The topological polar surface area (TPSA) is 52.6 Å². The quantitative estimate of drug-likeness (QED) is 0.118. The van der Waals surface area contributed by atoms with Crippen molar-refractivity contribution in [3.8, 4) is 16.9 Å². The molecule has 0 aliphatic heterocycles. The molecule has 0 saturated heterocycles. The first-order chi connectivity index (χ1) is 17.1. The molecule has 0 aliphatic carbocycles. The SMILES string of the molecule is CCCCCCCCCOc1ccc(C(=O)COC(=O)c2ccc(-c3ccc(Br)cc3)cc2)cc1. The molecule has 0 aliphatic rings. The molecule has 4 nitrogen and oxygen atoms in total. The van der Waals surface area contributed by atoms with Crippen LogP contribution in [0, 0.1) is 0 Å². The molecule has 0 heterocycles. The molecule has 3 aromatic rings. The minimum Gasteiger partial charge on any atom is -0.494 e. The Kier molecular flexibility index (Phi) is 11.0. The average molecular weight is 537 g/mol. The Hall–Kier alpha value is -2.92. The van der Waals surface area contributed by atoms with Crippen molar-refractivity contribution in [1.29, 1.82) is 0 Å². The Labute approximate surface area is 216 Å². The van der Waals surface area contributed by atoms with E-state index < -0.39 is 5.97 Å². The molecule has 3 aromatic carbocycles. The van der Waals surface area contributed by atoms with Crippen LogP contribution in [0.5, 0.6) is 5.75 Å². The van der Waals surface area contributed by atoms with E-state index in [1.807, 2.05) is 36.4 Å². The normalized spacial score (nSPS) is 10.7. The first-order valence-electron chi connectivity index (χ1n) is 12.4.